The molecule has 0 rings (SSSR count). The fourth-order valence-corrected chi connectivity index (χ4v) is 8.27. The molecule has 14 heavy (non-hydrogen) atoms. The largest absolute Gasteiger partial charge is 0.352 e. The van der Waals surface area contributed by atoms with Crippen LogP contribution in [0.3, 0.4) is 0 Å². The Morgan fingerprint density at radius 3 is 1.64 bits per heavy atom. The van der Waals surface area contributed by atoms with Crippen molar-refractivity contribution in [2.75, 3.05) is 0 Å². The Morgan fingerprint density at radius 1 is 1.07 bits per heavy atom. The standard InChI is InChI=1S/C9H23O3PSi/c1-4-7-14(8-5-2,9-6-3)12-13(10)11/h13H,4-9H2,1-3H3,(H,10,11). The summed E-state index contributed by atoms with van der Waals surface area (Å²) in [6, 6.07) is 3.06. The SMILES string of the molecule is CCC[Si](CCC)(CCC)O[PH](=O)O. The average Bonchev–Trinajstić information content (AvgIpc) is 2.03. The summed E-state index contributed by atoms with van der Waals surface area (Å²) >= 11 is 0. The Morgan fingerprint density at radius 2 is 1.43 bits per heavy atom. The molecule has 0 aliphatic heterocycles. The van der Waals surface area contributed by atoms with Gasteiger partial charge in [0.1, 0.15) is 0 Å². The van der Waals surface area contributed by atoms with Gasteiger partial charge in [-0.25, -0.2) is 0 Å². The molecule has 0 aliphatic carbocycles. The van der Waals surface area contributed by atoms with Crippen molar-refractivity contribution in [3.8, 4) is 0 Å². The summed E-state index contributed by atoms with van der Waals surface area (Å²) in [5, 5.41) is 0. The van der Waals surface area contributed by atoms with Crippen molar-refractivity contribution in [1.82, 2.24) is 0 Å². The summed E-state index contributed by atoms with van der Waals surface area (Å²) in [6.07, 6.45) is 3.17. The molecule has 1 unspecified atom stereocenters. The van der Waals surface area contributed by atoms with Crippen molar-refractivity contribution in [1.29, 1.82) is 0 Å². The van der Waals surface area contributed by atoms with Crippen LogP contribution in [0.4, 0.5) is 0 Å². The molecule has 0 aliphatic rings. The Labute approximate surface area is 88.9 Å². The van der Waals surface area contributed by atoms with E-state index in [4.69, 9.17) is 9.11 Å². The zero-order valence-corrected chi connectivity index (χ0v) is 11.5. The van der Waals surface area contributed by atoms with Crippen molar-refractivity contribution in [2.24, 2.45) is 0 Å². The fraction of sp³-hybridized carbons (Fsp3) is 1.00. The highest BCUT2D eigenvalue weighted by molar-refractivity contribution is 7.34. The van der Waals surface area contributed by atoms with E-state index in [-0.39, 0.29) is 0 Å². The van der Waals surface area contributed by atoms with Gasteiger partial charge in [-0.15, -0.1) is 0 Å². The van der Waals surface area contributed by atoms with Gasteiger partial charge in [-0.05, 0) is 18.1 Å². The maximum atomic E-state index is 10.8. The molecule has 86 valence electrons. The first-order valence-electron chi connectivity index (χ1n) is 5.52. The molecule has 0 heterocycles. The summed E-state index contributed by atoms with van der Waals surface area (Å²) in [5.74, 6) is 0. The van der Waals surface area contributed by atoms with E-state index < -0.39 is 16.6 Å². The molecule has 0 aromatic carbocycles. The topological polar surface area (TPSA) is 46.5 Å². The predicted octanol–water partition coefficient (Wildman–Crippen LogP) is 3.56. The summed E-state index contributed by atoms with van der Waals surface area (Å²) in [4.78, 5) is 8.93. The van der Waals surface area contributed by atoms with Crippen molar-refractivity contribution in [2.45, 2.75) is 58.2 Å². The van der Waals surface area contributed by atoms with Crippen LogP contribution < -0.4 is 0 Å². The molecule has 0 aromatic heterocycles. The second-order valence-electron chi connectivity index (χ2n) is 3.80. The van der Waals surface area contributed by atoms with Crippen LogP contribution in [-0.4, -0.2) is 13.2 Å². The van der Waals surface area contributed by atoms with Gasteiger partial charge in [0, 0.05) is 0 Å². The summed E-state index contributed by atoms with van der Waals surface area (Å²) in [6.45, 7) is 6.35. The molecule has 1 atom stereocenters. The quantitative estimate of drug-likeness (QED) is 0.519. The van der Waals surface area contributed by atoms with Crippen molar-refractivity contribution in [3.63, 3.8) is 0 Å². The van der Waals surface area contributed by atoms with E-state index >= 15 is 0 Å². The Hall–Kier alpha value is 0.367. The van der Waals surface area contributed by atoms with Gasteiger partial charge in [0.25, 0.3) is 0 Å². The van der Waals surface area contributed by atoms with Crippen LogP contribution in [0.25, 0.3) is 0 Å². The Bertz CT molecular complexity index is 158. The van der Waals surface area contributed by atoms with E-state index in [0.717, 1.165) is 37.4 Å². The first-order chi connectivity index (χ1) is 6.60. The highest BCUT2D eigenvalue weighted by atomic mass is 31.1. The van der Waals surface area contributed by atoms with E-state index in [1.807, 2.05) is 0 Å². The molecule has 0 saturated carbocycles. The second-order valence-corrected chi connectivity index (χ2v) is 9.02. The van der Waals surface area contributed by atoms with Gasteiger partial charge in [0.15, 0.2) is 0 Å². The molecule has 3 nitrogen and oxygen atoms in total. The average molecular weight is 238 g/mol. The third-order valence-electron chi connectivity index (χ3n) is 2.42. The van der Waals surface area contributed by atoms with Gasteiger partial charge in [0.2, 0.25) is 8.32 Å². The highest BCUT2D eigenvalue weighted by Gasteiger charge is 2.33. The molecule has 0 bridgehead atoms. The van der Waals surface area contributed by atoms with E-state index in [0.29, 0.717) is 0 Å². The minimum absolute atomic E-state index is 1.02. The Kier molecular flexibility index (Phi) is 7.83. The summed E-state index contributed by atoms with van der Waals surface area (Å²) in [7, 11) is -4.62. The smallest absolute Gasteiger partial charge is 0.306 e. The molecule has 0 saturated heterocycles. The molecular weight excluding hydrogens is 215 g/mol. The Balaban J connectivity index is 4.45. The molecule has 0 radical (unpaired) electrons. The van der Waals surface area contributed by atoms with Crippen LogP contribution in [0, 0.1) is 0 Å². The molecule has 0 amide bonds. The molecule has 0 fully saturated rings. The number of rotatable bonds is 8. The normalized spacial score (nSPS) is 14.3. The lowest BCUT2D eigenvalue weighted by Gasteiger charge is -2.29. The van der Waals surface area contributed by atoms with E-state index in [1.165, 1.54) is 0 Å². The molecule has 0 aromatic rings. The third-order valence-corrected chi connectivity index (χ3v) is 9.08. The first kappa shape index (κ1) is 14.4. The van der Waals surface area contributed by atoms with Crippen LogP contribution in [0.5, 0.6) is 0 Å². The van der Waals surface area contributed by atoms with Crippen molar-refractivity contribution in [3.05, 3.63) is 0 Å². The van der Waals surface area contributed by atoms with Gasteiger partial charge >= 0.3 is 8.25 Å². The van der Waals surface area contributed by atoms with Crippen LogP contribution in [-0.2, 0) is 8.78 Å². The van der Waals surface area contributed by atoms with Gasteiger partial charge in [-0.3, -0.25) is 4.57 Å². The van der Waals surface area contributed by atoms with Gasteiger partial charge < -0.3 is 9.11 Å². The molecule has 5 heteroatoms. The van der Waals surface area contributed by atoms with Crippen LogP contribution >= 0.6 is 8.25 Å². The first-order valence-corrected chi connectivity index (χ1v) is 9.31. The number of hydrogen-bond donors (Lipinski definition) is 1. The van der Waals surface area contributed by atoms with Gasteiger partial charge in [-0.2, -0.15) is 0 Å². The fourth-order valence-electron chi connectivity index (χ4n) is 2.08. The number of hydrogen-bond acceptors (Lipinski definition) is 2. The van der Waals surface area contributed by atoms with Crippen molar-refractivity contribution < 1.29 is 13.7 Å². The molecular formula is C9H23O3PSi. The monoisotopic (exact) mass is 238 g/mol. The van der Waals surface area contributed by atoms with E-state index in [1.54, 1.807) is 0 Å². The van der Waals surface area contributed by atoms with Gasteiger partial charge in [0.05, 0.1) is 0 Å². The minimum Gasteiger partial charge on any atom is -0.352 e. The minimum atomic E-state index is -2.74. The summed E-state index contributed by atoms with van der Waals surface area (Å²) < 4.78 is 16.2. The zero-order chi connectivity index (χ0) is 11.0. The third kappa shape index (κ3) is 5.30. The maximum absolute atomic E-state index is 10.8. The highest BCUT2D eigenvalue weighted by Crippen LogP contribution is 2.34. The lowest BCUT2D eigenvalue weighted by Crippen LogP contribution is -2.35. The zero-order valence-electron chi connectivity index (χ0n) is 9.51. The lowest BCUT2D eigenvalue weighted by molar-refractivity contribution is 0.399. The second kappa shape index (κ2) is 7.63. The van der Waals surface area contributed by atoms with Crippen LogP contribution in [0.1, 0.15) is 40.0 Å². The molecule has 0 spiro atoms. The molecule has 1 N–H and O–H groups in total. The van der Waals surface area contributed by atoms with E-state index in [9.17, 15) is 4.57 Å². The van der Waals surface area contributed by atoms with Crippen molar-refractivity contribution >= 4 is 16.6 Å². The van der Waals surface area contributed by atoms with Crippen LogP contribution in [0.15, 0.2) is 0 Å². The predicted molar refractivity (Wildman–Crippen MR) is 63.4 cm³/mol. The van der Waals surface area contributed by atoms with Crippen LogP contribution in [0.2, 0.25) is 18.1 Å². The summed E-state index contributed by atoms with van der Waals surface area (Å²) in [5.41, 5.74) is 0. The lowest BCUT2D eigenvalue weighted by atomic mass is 10.6. The van der Waals surface area contributed by atoms with Gasteiger partial charge in [-0.1, -0.05) is 40.0 Å². The van der Waals surface area contributed by atoms with E-state index in [2.05, 4.69) is 20.8 Å². The maximum Gasteiger partial charge on any atom is 0.306 e.